The zero-order chi connectivity index (χ0) is 15.4. The van der Waals surface area contributed by atoms with E-state index in [1.165, 1.54) is 12.8 Å². The van der Waals surface area contributed by atoms with Crippen molar-refractivity contribution in [3.63, 3.8) is 0 Å². The van der Waals surface area contributed by atoms with Gasteiger partial charge < -0.3 is 15.1 Å². The first kappa shape index (κ1) is 21.4. The lowest BCUT2D eigenvalue weighted by Gasteiger charge is -2.36. The Bertz CT molecular complexity index is 516. The van der Waals surface area contributed by atoms with Crippen LogP contribution >= 0.6 is 36.4 Å². The van der Waals surface area contributed by atoms with Gasteiger partial charge in [0.15, 0.2) is 0 Å². The second kappa shape index (κ2) is 10.3. The lowest BCUT2D eigenvalue weighted by atomic mass is 10.1. The van der Waals surface area contributed by atoms with E-state index >= 15 is 0 Å². The zero-order valence-corrected chi connectivity index (χ0v) is 16.1. The molecular weight excluding hydrogens is 369 g/mol. The number of hydrogen-bond donors (Lipinski definition) is 1. The summed E-state index contributed by atoms with van der Waals surface area (Å²) in [4.78, 5) is 16.6. The monoisotopic (exact) mass is 393 g/mol. The topological polar surface area (TPSA) is 35.6 Å². The first-order chi connectivity index (χ1) is 10.7. The van der Waals surface area contributed by atoms with Crippen molar-refractivity contribution in [1.82, 2.24) is 10.2 Å². The lowest BCUT2D eigenvalue weighted by Crippen LogP contribution is -2.49. The van der Waals surface area contributed by atoms with Gasteiger partial charge in [-0.2, -0.15) is 0 Å². The fourth-order valence-electron chi connectivity index (χ4n) is 3.36. The third-order valence-corrected chi connectivity index (χ3v) is 5.01. The average Bonchev–Trinajstić information content (AvgIpc) is 3.07. The van der Waals surface area contributed by atoms with Crippen LogP contribution in [0.25, 0.3) is 0 Å². The largest absolute Gasteiger partial charge is 0.367 e. The number of halogens is 3. The number of piperazine rings is 1. The molecule has 4 nitrogen and oxygen atoms in total. The fraction of sp³-hybridized carbons (Fsp3) is 0.588. The third kappa shape index (κ3) is 5.41. The molecule has 0 spiro atoms. The molecule has 0 aliphatic carbocycles. The molecule has 0 saturated carbocycles. The summed E-state index contributed by atoms with van der Waals surface area (Å²) >= 11 is 6.25. The van der Waals surface area contributed by atoms with Gasteiger partial charge in [-0.25, -0.2) is 0 Å². The summed E-state index contributed by atoms with van der Waals surface area (Å²) in [6.07, 6.45) is 4.11. The van der Waals surface area contributed by atoms with Gasteiger partial charge in [-0.3, -0.25) is 4.79 Å². The molecule has 2 fully saturated rings. The van der Waals surface area contributed by atoms with Gasteiger partial charge in [-0.05, 0) is 37.9 Å². The number of para-hydroxylation sites is 1. The highest BCUT2D eigenvalue weighted by Crippen LogP contribution is 2.26. The Morgan fingerprint density at radius 2 is 1.88 bits per heavy atom. The van der Waals surface area contributed by atoms with Crippen molar-refractivity contribution in [3.05, 3.63) is 29.3 Å². The van der Waals surface area contributed by atoms with E-state index in [4.69, 9.17) is 11.6 Å². The van der Waals surface area contributed by atoms with Crippen molar-refractivity contribution in [3.8, 4) is 0 Å². The highest BCUT2D eigenvalue weighted by Gasteiger charge is 2.23. The molecule has 0 bridgehead atoms. The summed E-state index contributed by atoms with van der Waals surface area (Å²) < 4.78 is 0. The van der Waals surface area contributed by atoms with E-state index in [2.05, 4.69) is 10.2 Å². The maximum absolute atomic E-state index is 12.3. The highest BCUT2D eigenvalue weighted by molar-refractivity contribution is 6.33. The van der Waals surface area contributed by atoms with Crippen LogP contribution in [0.4, 0.5) is 5.69 Å². The maximum Gasteiger partial charge on any atom is 0.222 e. The Hall–Kier alpha value is -0.680. The van der Waals surface area contributed by atoms with Crippen LogP contribution in [-0.2, 0) is 4.79 Å². The van der Waals surface area contributed by atoms with E-state index in [0.717, 1.165) is 49.9 Å². The first-order valence-corrected chi connectivity index (χ1v) is 8.62. The van der Waals surface area contributed by atoms with Crippen LogP contribution in [0.1, 0.15) is 25.7 Å². The number of nitrogens with one attached hydrogen (secondary N) is 1. The molecule has 1 atom stereocenters. The molecule has 1 aromatic rings. The van der Waals surface area contributed by atoms with Crippen molar-refractivity contribution < 1.29 is 4.79 Å². The van der Waals surface area contributed by atoms with Crippen LogP contribution in [-0.4, -0.2) is 49.6 Å². The van der Waals surface area contributed by atoms with Crippen LogP contribution in [0.5, 0.6) is 0 Å². The van der Waals surface area contributed by atoms with E-state index in [1.807, 2.05) is 29.2 Å². The molecule has 0 aromatic heterocycles. The minimum absolute atomic E-state index is 0. The second-order valence-corrected chi connectivity index (χ2v) is 6.56. The van der Waals surface area contributed by atoms with Crippen molar-refractivity contribution in [2.24, 2.45) is 0 Å². The minimum atomic E-state index is 0. The fourth-order valence-corrected chi connectivity index (χ4v) is 3.62. The third-order valence-electron chi connectivity index (χ3n) is 4.69. The van der Waals surface area contributed by atoms with Crippen molar-refractivity contribution in [2.45, 2.75) is 31.7 Å². The summed E-state index contributed by atoms with van der Waals surface area (Å²) in [5.41, 5.74) is 1.08. The van der Waals surface area contributed by atoms with Gasteiger partial charge in [0.1, 0.15) is 0 Å². The predicted octanol–water partition coefficient (Wildman–Crippen LogP) is 3.36. The molecule has 136 valence electrons. The van der Waals surface area contributed by atoms with Crippen LogP contribution in [0.15, 0.2) is 24.3 Å². The average molecular weight is 395 g/mol. The van der Waals surface area contributed by atoms with Crippen LogP contribution < -0.4 is 10.2 Å². The number of amides is 1. The summed E-state index contributed by atoms with van der Waals surface area (Å²) in [6, 6.07) is 8.47. The molecule has 1 aromatic carbocycles. The van der Waals surface area contributed by atoms with Gasteiger partial charge in [0.05, 0.1) is 10.7 Å². The molecule has 1 N–H and O–H groups in total. The molecule has 2 heterocycles. The lowest BCUT2D eigenvalue weighted by molar-refractivity contribution is -0.131. The van der Waals surface area contributed by atoms with E-state index < -0.39 is 0 Å². The smallest absolute Gasteiger partial charge is 0.222 e. The number of anilines is 1. The molecule has 1 amide bonds. The Labute approximate surface area is 161 Å². The molecule has 3 rings (SSSR count). The first-order valence-electron chi connectivity index (χ1n) is 8.24. The van der Waals surface area contributed by atoms with Crippen molar-refractivity contribution in [1.29, 1.82) is 0 Å². The van der Waals surface area contributed by atoms with Crippen molar-refractivity contribution in [2.75, 3.05) is 37.6 Å². The number of rotatable bonds is 4. The van der Waals surface area contributed by atoms with Gasteiger partial charge >= 0.3 is 0 Å². The van der Waals surface area contributed by atoms with Gasteiger partial charge in [-0.15, -0.1) is 24.8 Å². The van der Waals surface area contributed by atoms with Crippen LogP contribution in [0.2, 0.25) is 5.02 Å². The molecule has 1 unspecified atom stereocenters. The number of carbonyl (C=O) groups excluding carboxylic acids is 1. The minimum Gasteiger partial charge on any atom is -0.367 e. The van der Waals surface area contributed by atoms with Gasteiger partial charge in [0.2, 0.25) is 5.91 Å². The molecule has 7 heteroatoms. The zero-order valence-electron chi connectivity index (χ0n) is 13.7. The van der Waals surface area contributed by atoms with E-state index in [1.54, 1.807) is 0 Å². The van der Waals surface area contributed by atoms with Crippen LogP contribution in [0.3, 0.4) is 0 Å². The Morgan fingerprint density at radius 3 is 2.50 bits per heavy atom. The number of carbonyl (C=O) groups is 1. The SMILES string of the molecule is Cl.Cl.O=C(CCC1CCCN1)N1CCN(c2ccccc2Cl)CC1. The summed E-state index contributed by atoms with van der Waals surface area (Å²) in [7, 11) is 0. The highest BCUT2D eigenvalue weighted by atomic mass is 35.5. The van der Waals surface area contributed by atoms with E-state index in [9.17, 15) is 4.79 Å². The number of benzene rings is 1. The molecule has 2 saturated heterocycles. The molecule has 2 aliphatic rings. The van der Waals surface area contributed by atoms with Gasteiger partial charge in [0, 0.05) is 38.6 Å². The number of hydrogen-bond acceptors (Lipinski definition) is 3. The Morgan fingerprint density at radius 1 is 1.17 bits per heavy atom. The van der Waals surface area contributed by atoms with Crippen molar-refractivity contribution >= 4 is 48.0 Å². The molecule has 24 heavy (non-hydrogen) atoms. The maximum atomic E-state index is 12.3. The summed E-state index contributed by atoms with van der Waals surface area (Å²) in [6.45, 7) is 4.41. The molecular formula is C17H26Cl3N3O. The predicted molar refractivity (Wildman–Crippen MR) is 105 cm³/mol. The summed E-state index contributed by atoms with van der Waals surface area (Å²) in [5, 5.41) is 4.24. The number of nitrogens with zero attached hydrogens (tertiary/aromatic N) is 2. The van der Waals surface area contributed by atoms with E-state index in [0.29, 0.717) is 18.4 Å². The summed E-state index contributed by atoms with van der Waals surface area (Å²) in [5.74, 6) is 0.299. The molecule has 2 aliphatic heterocycles. The standard InChI is InChI=1S/C17H24ClN3O.2ClH/c18-15-5-1-2-6-16(15)20-10-12-21(13-11-20)17(22)8-7-14-4-3-9-19-14;;/h1-2,5-6,14,19H,3-4,7-13H2;2*1H. The Kier molecular flexibility index (Phi) is 9.21. The van der Waals surface area contributed by atoms with Crippen LogP contribution in [0, 0.1) is 0 Å². The second-order valence-electron chi connectivity index (χ2n) is 6.15. The van der Waals surface area contributed by atoms with E-state index in [-0.39, 0.29) is 24.8 Å². The quantitative estimate of drug-likeness (QED) is 0.850. The van der Waals surface area contributed by atoms with Gasteiger partial charge in [-0.1, -0.05) is 23.7 Å². The van der Waals surface area contributed by atoms with Gasteiger partial charge in [0.25, 0.3) is 0 Å². The molecule has 0 radical (unpaired) electrons. The normalized spacial score (nSPS) is 20.3. The Balaban J connectivity index is 0.00000144.